The molecule has 0 spiro atoms. The Morgan fingerprint density at radius 1 is 1.44 bits per heavy atom. The summed E-state index contributed by atoms with van der Waals surface area (Å²) in [6.45, 7) is 2.95. The average molecular weight is 248 g/mol. The predicted molar refractivity (Wildman–Crippen MR) is 67.4 cm³/mol. The minimum absolute atomic E-state index is 0.0138. The molecule has 1 aromatic rings. The quantitative estimate of drug-likeness (QED) is 0.457. The van der Waals surface area contributed by atoms with Crippen LogP contribution < -0.4 is 0 Å². The van der Waals surface area contributed by atoms with E-state index in [1.165, 1.54) is 24.3 Å². The summed E-state index contributed by atoms with van der Waals surface area (Å²) in [5, 5.41) is 10.5. The van der Waals surface area contributed by atoms with Crippen LogP contribution in [-0.4, -0.2) is 28.3 Å². The fourth-order valence-electron chi connectivity index (χ4n) is 2.01. The van der Waals surface area contributed by atoms with Gasteiger partial charge in [0.15, 0.2) is 0 Å². The van der Waals surface area contributed by atoms with Gasteiger partial charge in [0.2, 0.25) is 0 Å². The molecule has 0 bridgehead atoms. The van der Waals surface area contributed by atoms with Gasteiger partial charge < -0.3 is 4.90 Å². The molecule has 1 aliphatic rings. The first-order chi connectivity index (χ1) is 8.63. The van der Waals surface area contributed by atoms with Crippen molar-refractivity contribution in [3.05, 3.63) is 39.9 Å². The van der Waals surface area contributed by atoms with Crippen LogP contribution in [0.15, 0.2) is 24.3 Å². The van der Waals surface area contributed by atoms with Gasteiger partial charge in [0.25, 0.3) is 11.6 Å². The van der Waals surface area contributed by atoms with Crippen LogP contribution in [0.5, 0.6) is 0 Å². The summed E-state index contributed by atoms with van der Waals surface area (Å²) < 4.78 is 0. The Morgan fingerprint density at radius 3 is 2.67 bits per heavy atom. The Kier molecular flexibility index (Phi) is 3.60. The number of nitro benzene ring substituents is 1. The minimum Gasteiger partial charge on any atom is -0.332 e. The van der Waals surface area contributed by atoms with E-state index in [4.69, 9.17) is 0 Å². The van der Waals surface area contributed by atoms with E-state index in [0.29, 0.717) is 11.6 Å². The van der Waals surface area contributed by atoms with E-state index >= 15 is 0 Å². The lowest BCUT2D eigenvalue weighted by atomic mass is 10.2. The number of unbranched alkanes of at least 4 members (excludes halogenated alkanes) is 1. The summed E-state index contributed by atoms with van der Waals surface area (Å²) in [4.78, 5) is 23.9. The van der Waals surface area contributed by atoms with Crippen LogP contribution >= 0.6 is 0 Å². The second-order valence-corrected chi connectivity index (χ2v) is 4.56. The van der Waals surface area contributed by atoms with Gasteiger partial charge in [-0.05, 0) is 18.6 Å². The number of nitro groups is 1. The monoisotopic (exact) mass is 248 g/mol. The number of carbonyl (C=O) groups is 1. The third kappa shape index (κ3) is 2.67. The van der Waals surface area contributed by atoms with Gasteiger partial charge in [-0.3, -0.25) is 14.9 Å². The van der Waals surface area contributed by atoms with Crippen LogP contribution in [0.4, 0.5) is 5.69 Å². The first-order valence-electron chi connectivity index (χ1n) is 6.19. The van der Waals surface area contributed by atoms with Crippen LogP contribution in [0, 0.1) is 10.1 Å². The summed E-state index contributed by atoms with van der Waals surface area (Å²) in [5.41, 5.74) is 0.541. The van der Waals surface area contributed by atoms with Gasteiger partial charge in [0.1, 0.15) is 0 Å². The summed E-state index contributed by atoms with van der Waals surface area (Å²) in [5.74, 6) is -0.0222. The third-order valence-corrected chi connectivity index (χ3v) is 3.19. The van der Waals surface area contributed by atoms with Crippen molar-refractivity contribution in [1.82, 2.24) is 4.90 Å². The van der Waals surface area contributed by atoms with Crippen molar-refractivity contribution in [2.45, 2.75) is 32.2 Å². The third-order valence-electron chi connectivity index (χ3n) is 3.19. The lowest BCUT2D eigenvalue weighted by Gasteiger charge is -2.03. The van der Waals surface area contributed by atoms with Crippen LogP contribution in [0.3, 0.4) is 0 Å². The summed E-state index contributed by atoms with van der Waals surface area (Å²) in [6.07, 6.45) is 3.32. The molecule has 1 heterocycles. The largest absolute Gasteiger partial charge is 0.332 e. The van der Waals surface area contributed by atoms with Gasteiger partial charge in [-0.2, -0.15) is 0 Å². The molecule has 0 aliphatic carbocycles. The van der Waals surface area contributed by atoms with E-state index in [2.05, 4.69) is 6.92 Å². The zero-order chi connectivity index (χ0) is 13.1. The maximum absolute atomic E-state index is 12.0. The highest BCUT2D eigenvalue weighted by molar-refractivity contribution is 5.96. The Labute approximate surface area is 106 Å². The van der Waals surface area contributed by atoms with E-state index in [-0.39, 0.29) is 11.6 Å². The Morgan fingerprint density at radius 2 is 2.11 bits per heavy atom. The standard InChI is InChI=1S/C13H16N2O3/c1-2-3-4-12-9-14(12)13(16)10-5-7-11(8-6-10)15(17)18/h5-8,12H,2-4,9H2,1H3/t12-,14?/m0/s1. The number of non-ortho nitro benzene ring substituents is 1. The SMILES string of the molecule is CCCC[C@H]1CN1C(=O)c1ccc([N+](=O)[O-])cc1. The van der Waals surface area contributed by atoms with Crippen molar-refractivity contribution < 1.29 is 9.72 Å². The molecule has 1 aliphatic heterocycles. The molecule has 5 nitrogen and oxygen atoms in total. The van der Waals surface area contributed by atoms with E-state index in [9.17, 15) is 14.9 Å². The van der Waals surface area contributed by atoms with Gasteiger partial charge in [-0.25, -0.2) is 0 Å². The number of amides is 1. The van der Waals surface area contributed by atoms with Crippen molar-refractivity contribution in [2.24, 2.45) is 0 Å². The highest BCUT2D eigenvalue weighted by atomic mass is 16.6. The van der Waals surface area contributed by atoms with Crippen LogP contribution in [-0.2, 0) is 0 Å². The smallest absolute Gasteiger partial charge is 0.269 e. The topological polar surface area (TPSA) is 63.2 Å². The summed E-state index contributed by atoms with van der Waals surface area (Å²) >= 11 is 0. The highest BCUT2D eigenvalue weighted by Crippen LogP contribution is 2.26. The molecule has 1 saturated heterocycles. The second kappa shape index (κ2) is 5.16. The highest BCUT2D eigenvalue weighted by Gasteiger charge is 2.37. The zero-order valence-electron chi connectivity index (χ0n) is 10.3. The van der Waals surface area contributed by atoms with Crippen molar-refractivity contribution >= 4 is 11.6 Å². The second-order valence-electron chi connectivity index (χ2n) is 4.56. The normalized spacial score (nSPS) is 17.6. The predicted octanol–water partition coefficient (Wildman–Crippen LogP) is 2.61. The average Bonchev–Trinajstić information content (AvgIpc) is 3.15. The number of hydrogen-bond donors (Lipinski definition) is 0. The number of rotatable bonds is 5. The van der Waals surface area contributed by atoms with E-state index in [1.807, 2.05) is 4.90 Å². The zero-order valence-corrected chi connectivity index (χ0v) is 10.3. The Balaban J connectivity index is 1.96. The van der Waals surface area contributed by atoms with E-state index in [0.717, 1.165) is 25.8 Å². The summed E-state index contributed by atoms with van der Waals surface area (Å²) in [7, 11) is 0. The molecule has 1 atom stereocenters. The first-order valence-corrected chi connectivity index (χ1v) is 6.19. The van der Waals surface area contributed by atoms with Crippen molar-refractivity contribution in [2.75, 3.05) is 6.54 Å². The van der Waals surface area contributed by atoms with Crippen LogP contribution in [0.2, 0.25) is 0 Å². The molecule has 0 radical (unpaired) electrons. The molecule has 18 heavy (non-hydrogen) atoms. The molecule has 0 aromatic heterocycles. The number of carbonyl (C=O) groups excluding carboxylic acids is 1. The maximum atomic E-state index is 12.0. The van der Waals surface area contributed by atoms with Gasteiger partial charge in [-0.1, -0.05) is 19.8 Å². The van der Waals surface area contributed by atoms with Crippen LogP contribution in [0.1, 0.15) is 36.5 Å². The van der Waals surface area contributed by atoms with Gasteiger partial charge >= 0.3 is 0 Å². The number of hydrogen-bond acceptors (Lipinski definition) is 3. The fraction of sp³-hybridized carbons (Fsp3) is 0.462. The molecule has 1 amide bonds. The molecular formula is C13H16N2O3. The molecule has 0 unspecified atom stereocenters. The molecule has 0 N–H and O–H groups in total. The van der Waals surface area contributed by atoms with E-state index < -0.39 is 4.92 Å². The van der Waals surface area contributed by atoms with E-state index in [1.54, 1.807) is 0 Å². The molecule has 1 aromatic carbocycles. The van der Waals surface area contributed by atoms with Crippen LogP contribution in [0.25, 0.3) is 0 Å². The molecule has 0 saturated carbocycles. The molecule has 96 valence electrons. The number of nitrogens with zero attached hydrogens (tertiary/aromatic N) is 2. The lowest BCUT2D eigenvalue weighted by Crippen LogP contribution is -2.13. The molecule has 5 heteroatoms. The Hall–Kier alpha value is -1.91. The molecular weight excluding hydrogens is 232 g/mol. The van der Waals surface area contributed by atoms with Crippen molar-refractivity contribution in [3.63, 3.8) is 0 Å². The number of benzene rings is 1. The fourth-order valence-corrected chi connectivity index (χ4v) is 2.01. The van der Waals surface area contributed by atoms with Gasteiger partial charge in [-0.15, -0.1) is 0 Å². The minimum atomic E-state index is -0.463. The lowest BCUT2D eigenvalue weighted by molar-refractivity contribution is -0.384. The van der Waals surface area contributed by atoms with Crippen molar-refractivity contribution in [1.29, 1.82) is 0 Å². The van der Waals surface area contributed by atoms with Gasteiger partial charge in [0.05, 0.1) is 4.92 Å². The summed E-state index contributed by atoms with van der Waals surface area (Å²) in [6, 6.07) is 6.16. The van der Waals surface area contributed by atoms with Gasteiger partial charge in [0, 0.05) is 30.3 Å². The first kappa shape index (κ1) is 12.5. The molecule has 1 fully saturated rings. The molecule has 2 rings (SSSR count). The Bertz CT molecular complexity index is 456. The maximum Gasteiger partial charge on any atom is 0.269 e. The van der Waals surface area contributed by atoms with Crippen molar-refractivity contribution in [3.8, 4) is 0 Å².